The third kappa shape index (κ3) is 7.96. The molecule has 1 rings (SSSR count). The van der Waals surface area contributed by atoms with Gasteiger partial charge in [-0.05, 0) is 30.0 Å². The zero-order valence-electron chi connectivity index (χ0n) is 10.5. The Balaban J connectivity index is 2.09. The van der Waals surface area contributed by atoms with E-state index in [-0.39, 0.29) is 0 Å². The van der Waals surface area contributed by atoms with E-state index in [2.05, 4.69) is 0 Å². The van der Waals surface area contributed by atoms with Crippen molar-refractivity contribution in [2.75, 3.05) is 38.9 Å². The average molecular weight is 302 g/mol. The maximum Gasteiger partial charge on any atom is 0.138 e. The predicted molar refractivity (Wildman–Crippen MR) is 75.8 cm³/mol. The Morgan fingerprint density at radius 2 is 1.84 bits per heavy atom. The Hall–Kier alpha value is -0.930. The van der Waals surface area contributed by atoms with Crippen LogP contribution in [0.1, 0.15) is 0 Å². The summed E-state index contributed by atoms with van der Waals surface area (Å²) in [5.74, 6) is 1.24. The van der Waals surface area contributed by atoms with Crippen molar-refractivity contribution < 1.29 is 14.2 Å². The second-order valence-corrected chi connectivity index (χ2v) is 4.67. The number of hydrogen-bond acceptors (Lipinski definition) is 5. The first kappa shape index (κ1) is 16.1. The number of nitrogens with zero attached hydrogens (tertiary/aromatic N) is 1. The summed E-state index contributed by atoms with van der Waals surface area (Å²) in [6.07, 6.45) is 0. The van der Waals surface area contributed by atoms with Crippen molar-refractivity contribution in [3.05, 3.63) is 24.3 Å². The summed E-state index contributed by atoms with van der Waals surface area (Å²) >= 11 is 6.57. The minimum Gasteiger partial charge on any atom is -0.491 e. The van der Waals surface area contributed by atoms with E-state index in [1.165, 1.54) is 0 Å². The van der Waals surface area contributed by atoms with Gasteiger partial charge in [-0.2, -0.15) is 5.26 Å². The standard InChI is InChI=1S/C13H16ClNO3S/c14-4-5-16-6-7-17-8-9-18-12-2-1-3-13(10-12)19-11-15/h1-3,10H,4-9H2. The molecule has 0 aliphatic heterocycles. The van der Waals surface area contributed by atoms with Gasteiger partial charge in [0.25, 0.3) is 0 Å². The van der Waals surface area contributed by atoms with Gasteiger partial charge < -0.3 is 14.2 Å². The number of ether oxygens (including phenoxy) is 3. The summed E-state index contributed by atoms with van der Waals surface area (Å²) in [7, 11) is 0. The van der Waals surface area contributed by atoms with Crippen molar-refractivity contribution in [3.63, 3.8) is 0 Å². The molecule has 19 heavy (non-hydrogen) atoms. The van der Waals surface area contributed by atoms with Gasteiger partial charge in [-0.15, -0.1) is 11.6 Å². The number of benzene rings is 1. The lowest BCUT2D eigenvalue weighted by Gasteiger charge is -2.08. The number of thiocyanates is 1. The maximum absolute atomic E-state index is 8.58. The van der Waals surface area contributed by atoms with Crippen LogP contribution in [-0.4, -0.2) is 38.9 Å². The SMILES string of the molecule is N#CSc1cccc(OCCOCCOCCCl)c1. The second-order valence-electron chi connectivity index (χ2n) is 3.43. The Kier molecular flexibility index (Phi) is 9.29. The van der Waals surface area contributed by atoms with Gasteiger partial charge in [0.05, 0.1) is 26.4 Å². The molecule has 1 aromatic carbocycles. The van der Waals surface area contributed by atoms with Crippen molar-refractivity contribution in [2.45, 2.75) is 4.90 Å². The molecule has 0 atom stereocenters. The molecular weight excluding hydrogens is 286 g/mol. The van der Waals surface area contributed by atoms with Crippen LogP contribution in [-0.2, 0) is 9.47 Å². The lowest BCUT2D eigenvalue weighted by atomic mass is 10.3. The van der Waals surface area contributed by atoms with E-state index in [0.29, 0.717) is 38.9 Å². The Labute approximate surface area is 122 Å². The first-order valence-electron chi connectivity index (χ1n) is 5.87. The van der Waals surface area contributed by atoms with E-state index < -0.39 is 0 Å². The van der Waals surface area contributed by atoms with Crippen LogP contribution in [0.25, 0.3) is 0 Å². The number of rotatable bonds is 10. The fraction of sp³-hybridized carbons (Fsp3) is 0.462. The van der Waals surface area contributed by atoms with Crippen LogP contribution >= 0.6 is 23.4 Å². The van der Waals surface area contributed by atoms with E-state index in [1.54, 1.807) is 0 Å². The van der Waals surface area contributed by atoms with Gasteiger partial charge in [0.1, 0.15) is 17.8 Å². The highest BCUT2D eigenvalue weighted by Gasteiger charge is 1.97. The quantitative estimate of drug-likeness (QED) is 0.288. The van der Waals surface area contributed by atoms with Crippen LogP contribution in [0.4, 0.5) is 0 Å². The van der Waals surface area contributed by atoms with E-state index in [9.17, 15) is 0 Å². The highest BCUT2D eigenvalue weighted by molar-refractivity contribution is 8.03. The van der Waals surface area contributed by atoms with Gasteiger partial charge in [0.2, 0.25) is 0 Å². The summed E-state index contributed by atoms with van der Waals surface area (Å²) in [5.41, 5.74) is 0. The summed E-state index contributed by atoms with van der Waals surface area (Å²) in [5, 5.41) is 10.6. The molecule has 0 fully saturated rings. The van der Waals surface area contributed by atoms with Gasteiger partial charge in [-0.3, -0.25) is 0 Å². The Morgan fingerprint density at radius 1 is 1.11 bits per heavy atom. The third-order valence-electron chi connectivity index (χ3n) is 2.06. The molecule has 0 bridgehead atoms. The van der Waals surface area contributed by atoms with E-state index in [4.69, 9.17) is 31.1 Å². The highest BCUT2D eigenvalue weighted by Crippen LogP contribution is 2.21. The largest absolute Gasteiger partial charge is 0.491 e. The highest BCUT2D eigenvalue weighted by atomic mass is 35.5. The molecular formula is C13H16ClNO3S. The molecule has 0 unspecified atom stereocenters. The van der Waals surface area contributed by atoms with Gasteiger partial charge in [-0.25, -0.2) is 0 Å². The second kappa shape index (κ2) is 10.9. The van der Waals surface area contributed by atoms with Crippen LogP contribution < -0.4 is 4.74 Å². The van der Waals surface area contributed by atoms with E-state index >= 15 is 0 Å². The molecule has 0 saturated heterocycles. The topological polar surface area (TPSA) is 51.5 Å². The summed E-state index contributed by atoms with van der Waals surface area (Å²) in [6.45, 7) is 2.59. The Morgan fingerprint density at radius 3 is 2.58 bits per heavy atom. The van der Waals surface area contributed by atoms with Crippen molar-refractivity contribution in [2.24, 2.45) is 0 Å². The maximum atomic E-state index is 8.58. The number of alkyl halides is 1. The molecule has 0 radical (unpaired) electrons. The number of thioether (sulfide) groups is 1. The summed E-state index contributed by atoms with van der Waals surface area (Å²) < 4.78 is 16.0. The van der Waals surface area contributed by atoms with E-state index in [0.717, 1.165) is 22.4 Å². The normalized spacial score (nSPS) is 10.1. The molecule has 0 saturated carbocycles. The lowest BCUT2D eigenvalue weighted by Crippen LogP contribution is -2.11. The number of hydrogen-bond donors (Lipinski definition) is 0. The molecule has 4 nitrogen and oxygen atoms in total. The first-order chi connectivity index (χ1) is 9.36. The van der Waals surface area contributed by atoms with Crippen molar-refractivity contribution in [3.8, 4) is 11.2 Å². The fourth-order valence-electron chi connectivity index (χ4n) is 1.28. The van der Waals surface area contributed by atoms with Gasteiger partial charge in [-0.1, -0.05) is 6.07 Å². The van der Waals surface area contributed by atoms with Crippen LogP contribution in [0.15, 0.2) is 29.2 Å². The molecule has 0 aromatic heterocycles. The average Bonchev–Trinajstić information content (AvgIpc) is 2.43. The molecule has 1 aromatic rings. The Bertz CT molecular complexity index is 398. The predicted octanol–water partition coefficient (Wildman–Crippen LogP) is 2.91. The molecule has 0 aliphatic rings. The van der Waals surface area contributed by atoms with Gasteiger partial charge in [0, 0.05) is 10.8 Å². The first-order valence-corrected chi connectivity index (χ1v) is 7.22. The molecule has 0 aliphatic carbocycles. The molecule has 0 spiro atoms. The van der Waals surface area contributed by atoms with Crippen LogP contribution in [0.2, 0.25) is 0 Å². The van der Waals surface area contributed by atoms with Crippen molar-refractivity contribution in [1.82, 2.24) is 0 Å². The number of nitriles is 1. The van der Waals surface area contributed by atoms with Crippen LogP contribution in [0.5, 0.6) is 5.75 Å². The minimum atomic E-state index is 0.468. The van der Waals surface area contributed by atoms with Crippen molar-refractivity contribution in [1.29, 1.82) is 5.26 Å². The minimum absolute atomic E-state index is 0.468. The lowest BCUT2D eigenvalue weighted by molar-refractivity contribution is 0.0410. The van der Waals surface area contributed by atoms with Crippen molar-refractivity contribution >= 4 is 23.4 Å². The smallest absolute Gasteiger partial charge is 0.138 e. The fourth-order valence-corrected chi connectivity index (χ4v) is 1.81. The van der Waals surface area contributed by atoms with Crippen LogP contribution in [0.3, 0.4) is 0 Å². The molecule has 0 heterocycles. The van der Waals surface area contributed by atoms with Gasteiger partial charge >= 0.3 is 0 Å². The molecule has 6 heteroatoms. The summed E-state index contributed by atoms with van der Waals surface area (Å²) in [6, 6.07) is 7.41. The van der Waals surface area contributed by atoms with Gasteiger partial charge in [0.15, 0.2) is 0 Å². The van der Waals surface area contributed by atoms with E-state index in [1.807, 2.05) is 29.7 Å². The molecule has 0 amide bonds. The zero-order valence-corrected chi connectivity index (χ0v) is 12.1. The number of halogens is 1. The molecule has 104 valence electrons. The summed E-state index contributed by atoms with van der Waals surface area (Å²) in [4.78, 5) is 0.871. The monoisotopic (exact) mass is 301 g/mol. The third-order valence-corrected chi connectivity index (χ3v) is 2.79. The molecule has 0 N–H and O–H groups in total. The zero-order chi connectivity index (χ0) is 13.8. The van der Waals surface area contributed by atoms with Crippen LogP contribution in [0, 0.1) is 10.7 Å².